The fourth-order valence-electron chi connectivity index (χ4n) is 4.04. The van der Waals surface area contributed by atoms with E-state index >= 15 is 0 Å². The van der Waals surface area contributed by atoms with Crippen molar-refractivity contribution in [3.8, 4) is 0 Å². The van der Waals surface area contributed by atoms with Gasteiger partial charge in [-0.15, -0.1) is 0 Å². The molecule has 0 aromatic heterocycles. The molecule has 1 amide bonds. The van der Waals surface area contributed by atoms with Crippen LogP contribution in [0.2, 0.25) is 0 Å². The summed E-state index contributed by atoms with van der Waals surface area (Å²) in [5.41, 5.74) is -0.210. The minimum Gasteiger partial charge on any atom is -0.381 e. The molecule has 3 aliphatic rings. The molecular formula is C15H26N2O2. The maximum Gasteiger partial charge on any atom is 0.244 e. The molecule has 0 bridgehead atoms. The molecular weight excluding hydrogens is 240 g/mol. The van der Waals surface area contributed by atoms with Gasteiger partial charge < -0.3 is 9.64 Å². The zero-order valence-electron chi connectivity index (χ0n) is 12.0. The van der Waals surface area contributed by atoms with Crippen LogP contribution >= 0.6 is 0 Å². The van der Waals surface area contributed by atoms with Gasteiger partial charge in [0.1, 0.15) is 0 Å². The molecule has 0 radical (unpaired) electrons. The molecule has 2 aliphatic heterocycles. The molecule has 2 saturated heterocycles. The Bertz CT molecular complexity index is 333. The first-order chi connectivity index (χ1) is 9.27. The molecule has 19 heavy (non-hydrogen) atoms. The van der Waals surface area contributed by atoms with E-state index in [9.17, 15) is 4.79 Å². The van der Waals surface area contributed by atoms with E-state index in [4.69, 9.17) is 4.74 Å². The van der Waals surface area contributed by atoms with Crippen molar-refractivity contribution < 1.29 is 9.53 Å². The highest BCUT2D eigenvalue weighted by molar-refractivity contribution is 5.89. The lowest BCUT2D eigenvalue weighted by Crippen LogP contribution is -2.47. The second-order valence-electron chi connectivity index (χ2n) is 6.29. The first-order valence-corrected chi connectivity index (χ1v) is 7.95. The van der Waals surface area contributed by atoms with Crippen molar-refractivity contribution in [3.63, 3.8) is 0 Å². The smallest absolute Gasteiger partial charge is 0.244 e. The first kappa shape index (κ1) is 13.4. The quantitative estimate of drug-likeness (QED) is 0.850. The van der Waals surface area contributed by atoms with Gasteiger partial charge in [-0.2, -0.15) is 0 Å². The molecule has 1 atom stereocenters. The maximum atomic E-state index is 12.9. The van der Waals surface area contributed by atoms with Gasteiger partial charge in [0.25, 0.3) is 0 Å². The van der Waals surface area contributed by atoms with Gasteiger partial charge in [-0.25, -0.2) is 0 Å². The largest absolute Gasteiger partial charge is 0.381 e. The summed E-state index contributed by atoms with van der Waals surface area (Å²) in [4.78, 5) is 15.1. The van der Waals surface area contributed by atoms with Crippen molar-refractivity contribution in [1.82, 2.24) is 10.2 Å². The van der Waals surface area contributed by atoms with Crippen LogP contribution in [0, 0.1) is 0 Å². The third kappa shape index (κ3) is 2.29. The lowest BCUT2D eigenvalue weighted by Gasteiger charge is -2.35. The summed E-state index contributed by atoms with van der Waals surface area (Å²) >= 11 is 0. The van der Waals surface area contributed by atoms with Crippen molar-refractivity contribution in [2.24, 2.45) is 0 Å². The number of carbonyl (C=O) groups is 1. The van der Waals surface area contributed by atoms with Crippen LogP contribution in [0.1, 0.15) is 58.3 Å². The number of hydrogen-bond donors (Lipinski definition) is 1. The van der Waals surface area contributed by atoms with Gasteiger partial charge in [0.05, 0.1) is 11.7 Å². The highest BCUT2D eigenvalue weighted by atomic mass is 16.5. The van der Waals surface area contributed by atoms with Crippen molar-refractivity contribution in [2.45, 2.75) is 76.0 Å². The average molecular weight is 266 g/mol. The molecule has 1 unspecified atom stereocenters. The molecule has 2 heterocycles. The van der Waals surface area contributed by atoms with Gasteiger partial charge in [-0.3, -0.25) is 10.1 Å². The molecule has 3 rings (SSSR count). The fourth-order valence-corrected chi connectivity index (χ4v) is 4.04. The Kier molecular flexibility index (Phi) is 3.81. The van der Waals surface area contributed by atoms with E-state index in [1.807, 2.05) is 0 Å². The maximum absolute atomic E-state index is 12.9. The molecule has 0 aromatic rings. The predicted molar refractivity (Wildman–Crippen MR) is 73.7 cm³/mol. The van der Waals surface area contributed by atoms with Crippen LogP contribution < -0.4 is 5.32 Å². The van der Waals surface area contributed by atoms with Crippen molar-refractivity contribution in [1.29, 1.82) is 0 Å². The number of hydrogen-bond acceptors (Lipinski definition) is 3. The fraction of sp³-hybridized carbons (Fsp3) is 0.933. The van der Waals surface area contributed by atoms with Crippen LogP contribution in [0.15, 0.2) is 0 Å². The Morgan fingerprint density at radius 3 is 2.63 bits per heavy atom. The summed E-state index contributed by atoms with van der Waals surface area (Å²) in [5.74, 6) is 0.385. The lowest BCUT2D eigenvalue weighted by atomic mass is 9.97. The number of ether oxygens (including phenoxy) is 1. The Balaban J connectivity index is 1.80. The number of rotatable bonds is 3. The van der Waals surface area contributed by atoms with E-state index in [0.717, 1.165) is 51.7 Å². The van der Waals surface area contributed by atoms with Crippen molar-refractivity contribution >= 4 is 5.91 Å². The number of carbonyl (C=O) groups excluding carboxylic acids is 1. The topological polar surface area (TPSA) is 41.6 Å². The van der Waals surface area contributed by atoms with Crippen LogP contribution in [0.25, 0.3) is 0 Å². The second-order valence-corrected chi connectivity index (χ2v) is 6.29. The zero-order chi connectivity index (χ0) is 13.3. The predicted octanol–water partition coefficient (Wildman–Crippen LogP) is 2.04. The normalized spacial score (nSPS) is 31.5. The molecule has 1 N–H and O–H groups in total. The summed E-state index contributed by atoms with van der Waals surface area (Å²) in [5, 5.41) is 3.70. The van der Waals surface area contributed by atoms with E-state index in [1.54, 1.807) is 0 Å². The summed E-state index contributed by atoms with van der Waals surface area (Å²) in [6, 6.07) is 0.394. The molecule has 3 fully saturated rings. The SMILES string of the molecule is CCCC1NC2(CCCC2)C(=O)N1C1CCOCC1. The minimum atomic E-state index is -0.210. The Hall–Kier alpha value is -0.610. The Morgan fingerprint density at radius 2 is 2.00 bits per heavy atom. The van der Waals surface area contributed by atoms with Gasteiger partial charge in [-0.05, 0) is 32.1 Å². The van der Waals surface area contributed by atoms with Crippen LogP contribution in [-0.2, 0) is 9.53 Å². The second kappa shape index (κ2) is 5.41. The third-order valence-electron chi connectivity index (χ3n) is 5.03. The van der Waals surface area contributed by atoms with Crippen LogP contribution in [0.4, 0.5) is 0 Å². The molecule has 1 aliphatic carbocycles. The summed E-state index contributed by atoms with van der Waals surface area (Å²) in [7, 11) is 0. The van der Waals surface area contributed by atoms with E-state index in [2.05, 4.69) is 17.1 Å². The number of nitrogens with one attached hydrogen (secondary N) is 1. The van der Waals surface area contributed by atoms with Crippen molar-refractivity contribution in [2.75, 3.05) is 13.2 Å². The van der Waals surface area contributed by atoms with E-state index in [0.29, 0.717) is 11.9 Å². The lowest BCUT2D eigenvalue weighted by molar-refractivity contribution is -0.137. The molecule has 4 nitrogen and oxygen atoms in total. The van der Waals surface area contributed by atoms with Gasteiger partial charge in [0.2, 0.25) is 5.91 Å². The third-order valence-corrected chi connectivity index (χ3v) is 5.03. The highest BCUT2D eigenvalue weighted by Crippen LogP contribution is 2.39. The van der Waals surface area contributed by atoms with Crippen LogP contribution in [0.5, 0.6) is 0 Å². The van der Waals surface area contributed by atoms with E-state index in [-0.39, 0.29) is 11.7 Å². The first-order valence-electron chi connectivity index (χ1n) is 7.95. The Morgan fingerprint density at radius 1 is 1.32 bits per heavy atom. The molecule has 1 saturated carbocycles. The van der Waals surface area contributed by atoms with Gasteiger partial charge in [0.15, 0.2) is 0 Å². The number of amides is 1. The zero-order valence-corrected chi connectivity index (χ0v) is 12.0. The van der Waals surface area contributed by atoms with Gasteiger partial charge in [-0.1, -0.05) is 26.2 Å². The molecule has 4 heteroatoms. The molecule has 108 valence electrons. The summed E-state index contributed by atoms with van der Waals surface area (Å²) in [6.07, 6.45) is 8.92. The highest BCUT2D eigenvalue weighted by Gasteiger charge is 2.53. The van der Waals surface area contributed by atoms with Gasteiger partial charge >= 0.3 is 0 Å². The van der Waals surface area contributed by atoms with E-state index in [1.165, 1.54) is 12.8 Å². The van der Waals surface area contributed by atoms with E-state index < -0.39 is 0 Å². The van der Waals surface area contributed by atoms with Gasteiger partial charge in [0, 0.05) is 19.3 Å². The van der Waals surface area contributed by atoms with Crippen molar-refractivity contribution in [3.05, 3.63) is 0 Å². The Labute approximate surface area is 115 Å². The monoisotopic (exact) mass is 266 g/mol. The summed E-state index contributed by atoms with van der Waals surface area (Å²) in [6.45, 7) is 3.81. The number of nitrogens with zero attached hydrogens (tertiary/aromatic N) is 1. The average Bonchev–Trinajstić information content (AvgIpc) is 2.99. The standard InChI is InChI=1S/C15H26N2O2/c1-2-5-13-16-15(8-3-4-9-15)14(18)17(13)12-6-10-19-11-7-12/h12-13,16H,2-11H2,1H3. The van der Waals surface area contributed by atoms with Crippen LogP contribution in [0.3, 0.4) is 0 Å². The molecule has 1 spiro atoms. The summed E-state index contributed by atoms with van der Waals surface area (Å²) < 4.78 is 5.45. The molecule has 0 aromatic carbocycles. The minimum absolute atomic E-state index is 0.210. The van der Waals surface area contributed by atoms with Crippen LogP contribution in [-0.4, -0.2) is 41.8 Å².